The van der Waals surface area contributed by atoms with Crippen molar-refractivity contribution in [3.05, 3.63) is 200 Å². The topological polar surface area (TPSA) is 40.6 Å². The van der Waals surface area contributed by atoms with Crippen molar-refractivity contribution in [3.63, 3.8) is 0 Å². The number of nitrogens with zero attached hydrogens (tertiary/aromatic N) is 5. The standard InChI is InChI=1S/C54H33N5/c1-2-15-36(16-3-1)57-48-25-13-9-20-41(48)43-32-35(27-29-49(43)57)53-42-21-6-10-22-45(42)55-54(56-53)59-50-31-28-37(33-44(50)52-38-17-5-4-14-34(38)26-30-51(52)59)58-46-23-11-7-18-39(46)40-19-8-12-24-47(40)58/h1-33H. The normalized spacial score (nSPS) is 12.1. The predicted molar refractivity (Wildman–Crippen MR) is 245 cm³/mol. The van der Waals surface area contributed by atoms with Gasteiger partial charge in [0.15, 0.2) is 0 Å². The molecule has 0 saturated carbocycles. The molecule has 0 fully saturated rings. The molecular weight excluding hydrogens is 719 g/mol. The first kappa shape index (κ1) is 32.1. The molecule has 0 N–H and O–H groups in total. The van der Waals surface area contributed by atoms with Crippen LogP contribution in [0.25, 0.3) is 116 Å². The third-order valence-corrected chi connectivity index (χ3v) is 12.2. The van der Waals surface area contributed by atoms with Gasteiger partial charge in [-0.2, -0.15) is 0 Å². The highest BCUT2D eigenvalue weighted by Gasteiger charge is 2.21. The Hall–Kier alpha value is -8.02. The number of hydrogen-bond donors (Lipinski definition) is 0. The van der Waals surface area contributed by atoms with E-state index in [1.54, 1.807) is 0 Å². The summed E-state index contributed by atoms with van der Waals surface area (Å²) in [5.74, 6) is 0.644. The Bertz CT molecular complexity index is 3800. The maximum atomic E-state index is 5.54. The molecule has 5 nitrogen and oxygen atoms in total. The Balaban J connectivity index is 1.08. The molecule has 13 rings (SSSR count). The summed E-state index contributed by atoms with van der Waals surface area (Å²) in [6.45, 7) is 0. The predicted octanol–water partition coefficient (Wildman–Crippen LogP) is 13.7. The molecule has 0 saturated heterocycles. The Labute approximate surface area is 338 Å². The van der Waals surface area contributed by atoms with E-state index < -0.39 is 0 Å². The zero-order valence-corrected chi connectivity index (χ0v) is 31.8. The van der Waals surface area contributed by atoms with Crippen LogP contribution in [0.2, 0.25) is 0 Å². The van der Waals surface area contributed by atoms with Crippen molar-refractivity contribution in [2.45, 2.75) is 0 Å². The van der Waals surface area contributed by atoms with Gasteiger partial charge in [-0.1, -0.05) is 127 Å². The molecule has 0 amide bonds. The Morgan fingerprint density at radius 2 is 0.847 bits per heavy atom. The van der Waals surface area contributed by atoms with Gasteiger partial charge in [0.25, 0.3) is 0 Å². The van der Waals surface area contributed by atoms with Crippen LogP contribution in [0.1, 0.15) is 0 Å². The summed E-state index contributed by atoms with van der Waals surface area (Å²) in [5, 5.41) is 10.7. The van der Waals surface area contributed by atoms with Gasteiger partial charge in [-0.25, -0.2) is 9.97 Å². The fourth-order valence-electron chi connectivity index (χ4n) is 9.69. The van der Waals surface area contributed by atoms with Gasteiger partial charge in [-0.3, -0.25) is 4.57 Å². The maximum absolute atomic E-state index is 5.54. The molecule has 0 aliphatic heterocycles. The van der Waals surface area contributed by atoms with Crippen molar-refractivity contribution in [3.8, 4) is 28.6 Å². The molecule has 59 heavy (non-hydrogen) atoms. The molecule has 274 valence electrons. The summed E-state index contributed by atoms with van der Waals surface area (Å²) in [5.41, 5.74) is 12.0. The van der Waals surface area contributed by atoms with E-state index >= 15 is 0 Å². The SMILES string of the molecule is c1ccc(-n2c3ccccc3c3cc(-c4nc(-n5c6ccc(-n7c8ccccc8c8ccccc87)cc6c6c7ccccc7ccc65)nc5ccccc45)ccc32)cc1. The van der Waals surface area contributed by atoms with Crippen molar-refractivity contribution < 1.29 is 0 Å². The van der Waals surface area contributed by atoms with Gasteiger partial charge in [-0.15, -0.1) is 0 Å². The van der Waals surface area contributed by atoms with Crippen LogP contribution in [0, 0.1) is 0 Å². The molecule has 9 aromatic carbocycles. The van der Waals surface area contributed by atoms with Crippen molar-refractivity contribution >= 4 is 87.1 Å². The van der Waals surface area contributed by atoms with Crippen LogP contribution in [-0.4, -0.2) is 23.7 Å². The van der Waals surface area contributed by atoms with Crippen molar-refractivity contribution in [1.29, 1.82) is 0 Å². The lowest BCUT2D eigenvalue weighted by atomic mass is 10.0. The number of rotatable bonds is 4. The quantitative estimate of drug-likeness (QED) is 0.180. The summed E-state index contributed by atoms with van der Waals surface area (Å²) >= 11 is 0. The van der Waals surface area contributed by atoms with Gasteiger partial charge in [0, 0.05) is 54.6 Å². The first-order valence-electron chi connectivity index (χ1n) is 20.1. The summed E-state index contributed by atoms with van der Waals surface area (Å²) in [6.07, 6.45) is 0. The molecular formula is C54H33N5. The monoisotopic (exact) mass is 751 g/mol. The van der Waals surface area contributed by atoms with E-state index in [1.807, 2.05) is 0 Å². The van der Waals surface area contributed by atoms with E-state index in [0.29, 0.717) is 5.95 Å². The second-order valence-corrected chi connectivity index (χ2v) is 15.4. The van der Waals surface area contributed by atoms with Crippen LogP contribution in [0.5, 0.6) is 0 Å². The highest BCUT2D eigenvalue weighted by Crippen LogP contribution is 2.41. The largest absolute Gasteiger partial charge is 0.309 e. The van der Waals surface area contributed by atoms with Gasteiger partial charge >= 0.3 is 0 Å². The minimum absolute atomic E-state index is 0.644. The van der Waals surface area contributed by atoms with Gasteiger partial charge in [0.05, 0.1) is 44.3 Å². The van der Waals surface area contributed by atoms with Gasteiger partial charge < -0.3 is 9.13 Å². The molecule has 4 aromatic heterocycles. The molecule has 5 heteroatoms. The lowest BCUT2D eigenvalue weighted by molar-refractivity contribution is 1.01. The van der Waals surface area contributed by atoms with Crippen LogP contribution in [0.15, 0.2) is 200 Å². The molecule has 0 spiro atoms. The number of para-hydroxylation sites is 5. The van der Waals surface area contributed by atoms with E-state index in [1.165, 1.54) is 54.3 Å². The van der Waals surface area contributed by atoms with Gasteiger partial charge in [0.1, 0.15) is 0 Å². The van der Waals surface area contributed by atoms with E-state index in [0.717, 1.165) is 55.5 Å². The molecule has 0 unspecified atom stereocenters. The number of benzene rings is 9. The molecule has 0 aliphatic rings. The third-order valence-electron chi connectivity index (χ3n) is 12.2. The van der Waals surface area contributed by atoms with Crippen LogP contribution in [0.3, 0.4) is 0 Å². The second kappa shape index (κ2) is 12.2. The molecule has 13 aromatic rings. The Morgan fingerprint density at radius 3 is 1.59 bits per heavy atom. The second-order valence-electron chi connectivity index (χ2n) is 15.4. The zero-order chi connectivity index (χ0) is 38.6. The minimum atomic E-state index is 0.644. The average Bonchev–Trinajstić information content (AvgIpc) is 3.94. The van der Waals surface area contributed by atoms with E-state index in [2.05, 4.69) is 214 Å². The van der Waals surface area contributed by atoms with E-state index in [4.69, 9.17) is 9.97 Å². The fourth-order valence-corrected chi connectivity index (χ4v) is 9.69. The molecule has 0 radical (unpaired) electrons. The summed E-state index contributed by atoms with van der Waals surface area (Å²) in [7, 11) is 0. The molecule has 0 bridgehead atoms. The van der Waals surface area contributed by atoms with E-state index in [-0.39, 0.29) is 0 Å². The third kappa shape index (κ3) is 4.61. The number of fused-ring (bicyclic) bond motifs is 12. The summed E-state index contributed by atoms with van der Waals surface area (Å²) in [6, 6.07) is 71.9. The van der Waals surface area contributed by atoms with E-state index in [9.17, 15) is 0 Å². The number of aromatic nitrogens is 5. The van der Waals surface area contributed by atoms with Crippen molar-refractivity contribution in [1.82, 2.24) is 23.7 Å². The zero-order valence-electron chi connectivity index (χ0n) is 31.8. The van der Waals surface area contributed by atoms with Crippen LogP contribution >= 0.6 is 0 Å². The summed E-state index contributed by atoms with van der Waals surface area (Å²) in [4.78, 5) is 10.9. The lowest BCUT2D eigenvalue weighted by Crippen LogP contribution is -2.03. The first-order chi connectivity index (χ1) is 29.3. The van der Waals surface area contributed by atoms with Gasteiger partial charge in [0.2, 0.25) is 5.95 Å². The van der Waals surface area contributed by atoms with Crippen molar-refractivity contribution in [2.75, 3.05) is 0 Å². The fraction of sp³-hybridized carbons (Fsp3) is 0. The molecule has 0 atom stereocenters. The summed E-state index contributed by atoms with van der Waals surface area (Å²) < 4.78 is 7.02. The van der Waals surface area contributed by atoms with Crippen LogP contribution in [-0.2, 0) is 0 Å². The highest BCUT2D eigenvalue weighted by atomic mass is 15.2. The van der Waals surface area contributed by atoms with Crippen LogP contribution in [0.4, 0.5) is 0 Å². The Morgan fingerprint density at radius 1 is 0.305 bits per heavy atom. The van der Waals surface area contributed by atoms with Gasteiger partial charge in [-0.05, 0) is 83.6 Å². The molecule has 0 aliphatic carbocycles. The first-order valence-corrected chi connectivity index (χ1v) is 20.1. The molecule has 4 heterocycles. The Kier molecular flexibility index (Phi) is 6.66. The number of hydrogen-bond acceptors (Lipinski definition) is 2. The minimum Gasteiger partial charge on any atom is -0.309 e. The average molecular weight is 752 g/mol. The van der Waals surface area contributed by atoms with Crippen LogP contribution < -0.4 is 0 Å². The lowest BCUT2D eigenvalue weighted by Gasteiger charge is -2.13. The van der Waals surface area contributed by atoms with Crippen molar-refractivity contribution in [2.24, 2.45) is 0 Å². The smallest absolute Gasteiger partial charge is 0.235 e. The highest BCUT2D eigenvalue weighted by molar-refractivity contribution is 6.22. The maximum Gasteiger partial charge on any atom is 0.235 e.